The number of fused-ring (bicyclic) bond motifs is 1. The maximum Gasteiger partial charge on any atom is 0.258 e. The maximum absolute atomic E-state index is 12.4. The van der Waals surface area contributed by atoms with Gasteiger partial charge in [0.05, 0.1) is 6.04 Å². The summed E-state index contributed by atoms with van der Waals surface area (Å²) in [6.45, 7) is 4.33. The maximum atomic E-state index is 12.4. The Morgan fingerprint density at radius 1 is 1.23 bits per heavy atom. The second-order valence-electron chi connectivity index (χ2n) is 7.57. The minimum atomic E-state index is -0.125. The van der Waals surface area contributed by atoms with Gasteiger partial charge >= 0.3 is 0 Å². The van der Waals surface area contributed by atoms with Gasteiger partial charge in [-0.05, 0) is 70.6 Å². The van der Waals surface area contributed by atoms with Crippen molar-refractivity contribution < 1.29 is 9.53 Å². The Balaban J connectivity index is 1.37. The molecule has 1 aromatic heterocycles. The molecule has 1 aliphatic heterocycles. The number of benzene rings is 2. The molecule has 1 N–H and O–H groups in total. The number of rotatable bonds is 7. The minimum Gasteiger partial charge on any atom is -0.484 e. The van der Waals surface area contributed by atoms with Crippen molar-refractivity contribution in [1.29, 1.82) is 0 Å². The summed E-state index contributed by atoms with van der Waals surface area (Å²) in [6, 6.07) is 16.3. The summed E-state index contributed by atoms with van der Waals surface area (Å²) >= 11 is 7.73. The van der Waals surface area contributed by atoms with Gasteiger partial charge in [0, 0.05) is 24.7 Å². The summed E-state index contributed by atoms with van der Waals surface area (Å²) in [6.07, 6.45) is 1.03. The molecule has 0 saturated carbocycles. The Bertz CT molecular complexity index is 1010. The van der Waals surface area contributed by atoms with Gasteiger partial charge in [-0.25, -0.2) is 0 Å². The molecule has 0 spiro atoms. The predicted octanol–water partition coefficient (Wildman–Crippen LogP) is 5.00. The van der Waals surface area contributed by atoms with E-state index in [2.05, 4.69) is 51.3 Å². The highest BCUT2D eigenvalue weighted by Crippen LogP contribution is 2.28. The van der Waals surface area contributed by atoms with E-state index in [1.165, 1.54) is 16.7 Å². The van der Waals surface area contributed by atoms with Crippen LogP contribution in [0.15, 0.2) is 59.3 Å². The Kier molecular flexibility index (Phi) is 6.72. The van der Waals surface area contributed by atoms with Crippen LogP contribution < -0.4 is 10.1 Å². The standard InChI is InChI=1S/C24H25ClN2O2S/c1-17-12-21(6-7-22(17)25)29-15-24(28)26-13-23(20-9-11-30-16-20)27-10-8-18-4-2-3-5-19(18)14-27/h2-7,9,11-12,16,23H,8,10,13-15H2,1H3,(H,26,28). The van der Waals surface area contributed by atoms with Crippen molar-refractivity contribution in [2.45, 2.75) is 25.9 Å². The number of nitrogens with one attached hydrogen (secondary N) is 1. The lowest BCUT2D eigenvalue weighted by atomic mass is 9.97. The van der Waals surface area contributed by atoms with E-state index < -0.39 is 0 Å². The first-order valence-corrected chi connectivity index (χ1v) is 11.4. The van der Waals surface area contributed by atoms with Crippen LogP contribution in [0.25, 0.3) is 0 Å². The van der Waals surface area contributed by atoms with E-state index in [1.807, 2.05) is 13.0 Å². The molecule has 1 aliphatic rings. The number of aryl methyl sites for hydroxylation is 1. The molecule has 0 aliphatic carbocycles. The van der Waals surface area contributed by atoms with E-state index in [0.29, 0.717) is 17.3 Å². The molecule has 0 fully saturated rings. The first kappa shape index (κ1) is 20.9. The molecular formula is C24H25ClN2O2S. The van der Waals surface area contributed by atoms with E-state index in [-0.39, 0.29) is 18.6 Å². The fourth-order valence-corrected chi connectivity index (χ4v) is 4.65. The summed E-state index contributed by atoms with van der Waals surface area (Å²) < 4.78 is 5.64. The molecule has 3 aromatic rings. The van der Waals surface area contributed by atoms with E-state index in [0.717, 1.165) is 25.1 Å². The molecule has 1 unspecified atom stereocenters. The first-order valence-electron chi connectivity index (χ1n) is 10.1. The topological polar surface area (TPSA) is 41.6 Å². The van der Waals surface area contributed by atoms with E-state index >= 15 is 0 Å². The lowest BCUT2D eigenvalue weighted by molar-refractivity contribution is -0.123. The van der Waals surface area contributed by atoms with Gasteiger partial charge in [0.15, 0.2) is 6.61 Å². The lowest BCUT2D eigenvalue weighted by Crippen LogP contribution is -2.41. The van der Waals surface area contributed by atoms with Crippen molar-refractivity contribution in [3.63, 3.8) is 0 Å². The van der Waals surface area contributed by atoms with Gasteiger partial charge in [0.2, 0.25) is 0 Å². The van der Waals surface area contributed by atoms with Gasteiger partial charge in [-0.15, -0.1) is 0 Å². The van der Waals surface area contributed by atoms with Crippen molar-refractivity contribution in [3.05, 3.63) is 86.6 Å². The minimum absolute atomic E-state index is 0.0136. The number of amides is 1. The number of hydrogen-bond acceptors (Lipinski definition) is 4. The van der Waals surface area contributed by atoms with Crippen molar-refractivity contribution in [2.75, 3.05) is 19.7 Å². The molecule has 0 radical (unpaired) electrons. The first-order chi connectivity index (χ1) is 14.6. The fourth-order valence-electron chi connectivity index (χ4n) is 3.82. The highest BCUT2D eigenvalue weighted by molar-refractivity contribution is 7.08. The van der Waals surface area contributed by atoms with Crippen LogP contribution >= 0.6 is 22.9 Å². The van der Waals surface area contributed by atoms with E-state index in [4.69, 9.17) is 16.3 Å². The molecular weight excluding hydrogens is 416 g/mol. The average molecular weight is 441 g/mol. The molecule has 1 amide bonds. The predicted molar refractivity (Wildman–Crippen MR) is 122 cm³/mol. The molecule has 4 nitrogen and oxygen atoms in total. The van der Waals surface area contributed by atoms with Crippen molar-refractivity contribution >= 4 is 28.8 Å². The Hall–Kier alpha value is -2.34. The fraction of sp³-hybridized carbons (Fsp3) is 0.292. The largest absolute Gasteiger partial charge is 0.484 e. The third-order valence-corrected chi connectivity index (χ3v) is 6.65. The molecule has 2 aromatic carbocycles. The molecule has 1 atom stereocenters. The van der Waals surface area contributed by atoms with Gasteiger partial charge in [0.25, 0.3) is 5.91 Å². The van der Waals surface area contributed by atoms with Crippen LogP contribution in [0.3, 0.4) is 0 Å². The number of carbonyl (C=O) groups excluding carboxylic acids is 1. The SMILES string of the molecule is Cc1cc(OCC(=O)NCC(c2ccsc2)N2CCc3ccccc3C2)ccc1Cl. The normalized spacial score (nSPS) is 14.7. The van der Waals surface area contributed by atoms with Crippen LogP contribution in [0.1, 0.15) is 28.3 Å². The second kappa shape index (κ2) is 9.65. The van der Waals surface area contributed by atoms with E-state index in [1.54, 1.807) is 23.5 Å². The molecule has 4 rings (SSSR count). The number of carbonyl (C=O) groups is 1. The van der Waals surface area contributed by atoms with Crippen LogP contribution in [0.4, 0.5) is 0 Å². The van der Waals surface area contributed by atoms with Crippen molar-refractivity contribution in [2.24, 2.45) is 0 Å². The number of ether oxygens (including phenoxy) is 1. The molecule has 0 bridgehead atoms. The van der Waals surface area contributed by atoms with Crippen LogP contribution in [-0.4, -0.2) is 30.5 Å². The Morgan fingerprint density at radius 3 is 2.83 bits per heavy atom. The van der Waals surface area contributed by atoms with Gasteiger partial charge < -0.3 is 10.1 Å². The van der Waals surface area contributed by atoms with Gasteiger partial charge in [-0.2, -0.15) is 11.3 Å². The monoisotopic (exact) mass is 440 g/mol. The molecule has 156 valence electrons. The zero-order valence-electron chi connectivity index (χ0n) is 16.9. The number of hydrogen-bond donors (Lipinski definition) is 1. The smallest absolute Gasteiger partial charge is 0.258 e. The van der Waals surface area contributed by atoms with Crippen LogP contribution in [0, 0.1) is 6.92 Å². The third-order valence-electron chi connectivity index (χ3n) is 5.52. The Morgan fingerprint density at radius 2 is 2.07 bits per heavy atom. The van der Waals surface area contributed by atoms with Gasteiger partial charge in [-0.1, -0.05) is 35.9 Å². The molecule has 2 heterocycles. The molecule has 6 heteroatoms. The summed E-state index contributed by atoms with van der Waals surface area (Å²) in [7, 11) is 0. The second-order valence-corrected chi connectivity index (χ2v) is 8.75. The van der Waals surface area contributed by atoms with E-state index in [9.17, 15) is 4.79 Å². The van der Waals surface area contributed by atoms with Crippen LogP contribution in [0.5, 0.6) is 5.75 Å². The summed E-state index contributed by atoms with van der Waals surface area (Å²) in [5.41, 5.74) is 4.97. The van der Waals surface area contributed by atoms with Crippen LogP contribution in [-0.2, 0) is 17.8 Å². The highest BCUT2D eigenvalue weighted by atomic mass is 35.5. The quantitative estimate of drug-likeness (QED) is 0.561. The summed E-state index contributed by atoms with van der Waals surface area (Å²) in [4.78, 5) is 14.9. The number of thiophene rings is 1. The third kappa shape index (κ3) is 5.04. The molecule has 30 heavy (non-hydrogen) atoms. The Labute approximate surface area is 186 Å². The summed E-state index contributed by atoms with van der Waals surface area (Å²) in [5, 5.41) is 8.01. The zero-order valence-corrected chi connectivity index (χ0v) is 18.5. The molecule has 0 saturated heterocycles. The zero-order chi connectivity index (χ0) is 20.9. The average Bonchev–Trinajstić information content (AvgIpc) is 3.29. The van der Waals surface area contributed by atoms with Crippen molar-refractivity contribution in [1.82, 2.24) is 10.2 Å². The highest BCUT2D eigenvalue weighted by Gasteiger charge is 2.25. The number of halogens is 1. The lowest BCUT2D eigenvalue weighted by Gasteiger charge is -2.35. The number of nitrogens with zero attached hydrogens (tertiary/aromatic N) is 1. The van der Waals surface area contributed by atoms with Crippen molar-refractivity contribution in [3.8, 4) is 5.75 Å². The van der Waals surface area contributed by atoms with Crippen LogP contribution in [0.2, 0.25) is 5.02 Å². The van der Waals surface area contributed by atoms with Gasteiger partial charge in [-0.3, -0.25) is 9.69 Å². The summed E-state index contributed by atoms with van der Waals surface area (Å²) in [5.74, 6) is 0.523. The van der Waals surface area contributed by atoms with Gasteiger partial charge in [0.1, 0.15) is 5.75 Å².